The van der Waals surface area contributed by atoms with Crippen molar-refractivity contribution in [2.24, 2.45) is 0 Å². The molecule has 0 radical (unpaired) electrons. The highest BCUT2D eigenvalue weighted by Gasteiger charge is 2.31. The number of carbonyl (C=O) groups is 1. The van der Waals surface area contributed by atoms with Crippen molar-refractivity contribution in [2.75, 3.05) is 13.9 Å². The van der Waals surface area contributed by atoms with Crippen LogP contribution in [0.2, 0.25) is 0 Å². The van der Waals surface area contributed by atoms with E-state index >= 15 is 0 Å². The van der Waals surface area contributed by atoms with E-state index in [1.165, 1.54) is 5.57 Å². The lowest BCUT2D eigenvalue weighted by Crippen LogP contribution is -2.21. The Morgan fingerprint density at radius 2 is 2.00 bits per heavy atom. The quantitative estimate of drug-likeness (QED) is 0.738. The molecule has 0 bridgehead atoms. The summed E-state index contributed by atoms with van der Waals surface area (Å²) in [7, 11) is 1.63. The molecule has 0 fully saturated rings. The lowest BCUT2D eigenvalue weighted by atomic mass is 9.93. The number of ketones is 1. The first-order valence-electron chi connectivity index (χ1n) is 8.99. The summed E-state index contributed by atoms with van der Waals surface area (Å²) in [6.07, 6.45) is 2.68. The molecular formula is C22H22O5. The van der Waals surface area contributed by atoms with Crippen LogP contribution in [0.15, 0.2) is 42.0 Å². The molecule has 4 rings (SSSR count). The van der Waals surface area contributed by atoms with E-state index < -0.39 is 0 Å². The summed E-state index contributed by atoms with van der Waals surface area (Å²) in [4.78, 5) is 12.8. The van der Waals surface area contributed by atoms with E-state index in [0.29, 0.717) is 35.7 Å². The number of hydrogen-bond donors (Lipinski definition) is 0. The fourth-order valence-electron chi connectivity index (χ4n) is 3.42. The van der Waals surface area contributed by atoms with E-state index in [-0.39, 0.29) is 18.7 Å². The molecule has 27 heavy (non-hydrogen) atoms. The Labute approximate surface area is 158 Å². The minimum absolute atomic E-state index is 0.0695. The average Bonchev–Trinajstić information content (AvgIpc) is 3.13. The SMILES string of the molecule is COc1ccc2c(c1CC=C(C)C)OC(c1ccc3c(c1)OCO3)CC2=O. The first-order chi connectivity index (χ1) is 13.1. The van der Waals surface area contributed by atoms with Gasteiger partial charge in [0.1, 0.15) is 17.6 Å². The summed E-state index contributed by atoms with van der Waals surface area (Å²) in [5.74, 6) is 2.81. The van der Waals surface area contributed by atoms with Crippen molar-refractivity contribution < 1.29 is 23.7 Å². The highest BCUT2D eigenvalue weighted by atomic mass is 16.7. The molecule has 0 saturated heterocycles. The third-order valence-corrected chi connectivity index (χ3v) is 4.85. The summed E-state index contributed by atoms with van der Waals surface area (Å²) >= 11 is 0. The fourth-order valence-corrected chi connectivity index (χ4v) is 3.42. The lowest BCUT2D eigenvalue weighted by Gasteiger charge is -2.28. The average molecular weight is 366 g/mol. The van der Waals surface area contributed by atoms with Gasteiger partial charge in [-0.3, -0.25) is 4.79 Å². The van der Waals surface area contributed by atoms with Crippen molar-refractivity contribution in [2.45, 2.75) is 32.8 Å². The van der Waals surface area contributed by atoms with Crippen LogP contribution in [0.1, 0.15) is 47.9 Å². The van der Waals surface area contributed by atoms with Gasteiger partial charge in [0.05, 0.1) is 19.1 Å². The number of Topliss-reactive ketones (excluding diaryl/α,β-unsaturated/α-hetero) is 1. The first kappa shape index (κ1) is 17.5. The van der Waals surface area contributed by atoms with Gasteiger partial charge >= 0.3 is 0 Å². The Bertz CT molecular complexity index is 925. The van der Waals surface area contributed by atoms with Crippen molar-refractivity contribution in [3.05, 3.63) is 58.7 Å². The summed E-state index contributed by atoms with van der Waals surface area (Å²) in [6, 6.07) is 9.30. The molecule has 0 amide bonds. The van der Waals surface area contributed by atoms with Gasteiger partial charge in [-0.25, -0.2) is 0 Å². The topological polar surface area (TPSA) is 54.0 Å². The zero-order valence-corrected chi connectivity index (χ0v) is 15.7. The smallest absolute Gasteiger partial charge is 0.231 e. The van der Waals surface area contributed by atoms with E-state index in [9.17, 15) is 4.79 Å². The number of fused-ring (bicyclic) bond motifs is 2. The van der Waals surface area contributed by atoms with Gasteiger partial charge in [0.2, 0.25) is 6.79 Å². The maximum Gasteiger partial charge on any atom is 0.231 e. The number of methoxy groups -OCH3 is 1. The molecule has 0 aromatic heterocycles. The molecule has 0 aliphatic carbocycles. The van der Waals surface area contributed by atoms with Gasteiger partial charge in [-0.05, 0) is 50.1 Å². The molecule has 0 N–H and O–H groups in total. The van der Waals surface area contributed by atoms with E-state index in [1.54, 1.807) is 13.2 Å². The van der Waals surface area contributed by atoms with Gasteiger partial charge in [0.15, 0.2) is 17.3 Å². The second-order valence-electron chi connectivity index (χ2n) is 6.96. The van der Waals surface area contributed by atoms with Gasteiger partial charge in [-0.1, -0.05) is 17.7 Å². The van der Waals surface area contributed by atoms with E-state index in [0.717, 1.165) is 16.9 Å². The van der Waals surface area contributed by atoms with Gasteiger partial charge in [-0.15, -0.1) is 0 Å². The summed E-state index contributed by atoms with van der Waals surface area (Å²) < 4.78 is 22.7. The second-order valence-corrected chi connectivity index (χ2v) is 6.96. The number of carbonyl (C=O) groups excluding carboxylic acids is 1. The molecule has 5 heteroatoms. The monoisotopic (exact) mass is 366 g/mol. The lowest BCUT2D eigenvalue weighted by molar-refractivity contribution is 0.0847. The normalized spacial score (nSPS) is 17.1. The molecule has 2 aliphatic rings. The molecule has 1 unspecified atom stereocenters. The Morgan fingerprint density at radius 1 is 1.19 bits per heavy atom. The van der Waals surface area contributed by atoms with Crippen molar-refractivity contribution in [3.8, 4) is 23.0 Å². The van der Waals surface area contributed by atoms with Gasteiger partial charge < -0.3 is 18.9 Å². The fraction of sp³-hybridized carbons (Fsp3) is 0.318. The predicted octanol–water partition coefficient (Wildman–Crippen LogP) is 4.64. The van der Waals surface area contributed by atoms with Crippen molar-refractivity contribution >= 4 is 5.78 Å². The molecule has 2 heterocycles. The van der Waals surface area contributed by atoms with Crippen molar-refractivity contribution in [1.82, 2.24) is 0 Å². The molecule has 140 valence electrons. The molecular weight excluding hydrogens is 344 g/mol. The highest BCUT2D eigenvalue weighted by molar-refractivity contribution is 6.00. The Kier molecular flexibility index (Phi) is 4.52. The molecule has 0 spiro atoms. The number of benzene rings is 2. The van der Waals surface area contributed by atoms with Crippen LogP contribution in [0.3, 0.4) is 0 Å². The van der Waals surface area contributed by atoms with Gasteiger partial charge in [-0.2, -0.15) is 0 Å². The van der Waals surface area contributed by atoms with Crippen LogP contribution in [-0.2, 0) is 6.42 Å². The number of allylic oxidation sites excluding steroid dienone is 2. The van der Waals surface area contributed by atoms with Crippen LogP contribution in [0.4, 0.5) is 0 Å². The Morgan fingerprint density at radius 3 is 2.78 bits per heavy atom. The maximum atomic E-state index is 12.8. The van der Waals surface area contributed by atoms with Gasteiger partial charge in [0.25, 0.3) is 0 Å². The standard InChI is InChI=1S/C22H22O5/c1-13(2)4-6-16-18(24-3)9-7-15-17(23)11-20(27-22(15)16)14-5-8-19-21(10-14)26-12-25-19/h4-5,7-10,20H,6,11-12H2,1-3H3. The van der Waals surface area contributed by atoms with Crippen LogP contribution >= 0.6 is 0 Å². The minimum Gasteiger partial charge on any atom is -0.496 e. The second kappa shape index (κ2) is 6.99. The van der Waals surface area contributed by atoms with E-state index in [4.69, 9.17) is 18.9 Å². The van der Waals surface area contributed by atoms with Crippen LogP contribution in [0.5, 0.6) is 23.0 Å². The molecule has 1 atom stereocenters. The zero-order chi connectivity index (χ0) is 19.0. The molecule has 2 aromatic carbocycles. The predicted molar refractivity (Wildman–Crippen MR) is 101 cm³/mol. The third-order valence-electron chi connectivity index (χ3n) is 4.85. The van der Waals surface area contributed by atoms with Crippen LogP contribution in [0.25, 0.3) is 0 Å². The van der Waals surface area contributed by atoms with Crippen LogP contribution in [0, 0.1) is 0 Å². The number of ether oxygens (including phenoxy) is 4. The molecule has 0 saturated carbocycles. The maximum absolute atomic E-state index is 12.8. The summed E-state index contributed by atoms with van der Waals surface area (Å²) in [5, 5.41) is 0. The molecule has 2 aliphatic heterocycles. The summed E-state index contributed by atoms with van der Waals surface area (Å²) in [6.45, 7) is 4.31. The van der Waals surface area contributed by atoms with Crippen molar-refractivity contribution in [3.63, 3.8) is 0 Å². The molecule has 5 nitrogen and oxygen atoms in total. The van der Waals surface area contributed by atoms with Gasteiger partial charge in [0, 0.05) is 5.56 Å². The number of rotatable bonds is 4. The Hall–Kier alpha value is -2.95. The van der Waals surface area contributed by atoms with E-state index in [1.807, 2.05) is 38.1 Å². The summed E-state index contributed by atoms with van der Waals surface area (Å²) in [5.41, 5.74) is 3.61. The van der Waals surface area contributed by atoms with Crippen LogP contribution < -0.4 is 18.9 Å². The minimum atomic E-state index is -0.364. The largest absolute Gasteiger partial charge is 0.496 e. The Balaban J connectivity index is 1.73. The highest BCUT2D eigenvalue weighted by Crippen LogP contribution is 2.43. The zero-order valence-electron chi connectivity index (χ0n) is 15.7. The number of hydrogen-bond acceptors (Lipinski definition) is 5. The van der Waals surface area contributed by atoms with Crippen molar-refractivity contribution in [1.29, 1.82) is 0 Å². The molecule has 2 aromatic rings. The van der Waals surface area contributed by atoms with E-state index in [2.05, 4.69) is 6.08 Å². The first-order valence-corrected chi connectivity index (χ1v) is 8.99. The van der Waals surface area contributed by atoms with Crippen LogP contribution in [-0.4, -0.2) is 19.7 Å². The third kappa shape index (κ3) is 3.25.